The lowest BCUT2D eigenvalue weighted by atomic mass is 10.1. The van der Waals surface area contributed by atoms with Gasteiger partial charge in [-0.1, -0.05) is 25.4 Å². The molecule has 30 heavy (non-hydrogen) atoms. The van der Waals surface area contributed by atoms with Gasteiger partial charge in [0.05, 0.1) is 16.8 Å². The minimum Gasteiger partial charge on any atom is -0.300 e. The quantitative estimate of drug-likeness (QED) is 0.377. The third kappa shape index (κ3) is 5.67. The molecule has 2 rings (SSSR count). The topological polar surface area (TPSA) is 30.2 Å². The van der Waals surface area contributed by atoms with Crippen molar-refractivity contribution in [1.29, 1.82) is 0 Å². The van der Waals surface area contributed by atoms with Crippen LogP contribution in [-0.2, 0) is 25.1 Å². The van der Waals surface area contributed by atoms with Gasteiger partial charge >= 0.3 is 18.5 Å². The molecule has 0 amide bonds. The third-order valence-electron chi connectivity index (χ3n) is 3.66. The molecule has 0 atom stereocenters. The molecule has 0 unspecified atom stereocenters. The zero-order valence-corrected chi connectivity index (χ0v) is 16.0. The fourth-order valence-corrected chi connectivity index (χ4v) is 2.64. The van der Waals surface area contributed by atoms with Crippen molar-refractivity contribution in [2.45, 2.75) is 38.9 Å². The molecule has 0 saturated carbocycles. The predicted molar refractivity (Wildman–Crippen MR) is 88.7 cm³/mol. The van der Waals surface area contributed by atoms with Crippen molar-refractivity contribution in [2.75, 3.05) is 0 Å². The van der Waals surface area contributed by atoms with E-state index in [-0.39, 0.29) is 18.5 Å². The Labute approximate surface area is 168 Å². The molecule has 0 bridgehead atoms. The average molecular weight is 466 g/mol. The molecule has 1 heterocycles. The summed E-state index contributed by atoms with van der Waals surface area (Å²) in [6, 6.07) is 1.08. The smallest absolute Gasteiger partial charge is 0.300 e. The Balaban J connectivity index is 2.85. The maximum atomic E-state index is 13.3. The Hall–Kier alpha value is -2.24. The molecule has 1 aromatic carbocycles. The molecule has 2 aromatic rings. The maximum absolute atomic E-state index is 13.3. The van der Waals surface area contributed by atoms with Crippen LogP contribution < -0.4 is 5.62 Å². The number of rotatable bonds is 3. The summed E-state index contributed by atoms with van der Waals surface area (Å²) in [4.78, 5) is 6.74. The lowest BCUT2D eigenvalue weighted by molar-refractivity contribution is -0.143. The van der Waals surface area contributed by atoms with Crippen LogP contribution in [0, 0.1) is 5.92 Å². The van der Waals surface area contributed by atoms with Gasteiger partial charge in [-0.15, -0.1) is 0 Å². The molecule has 0 saturated heterocycles. The molecule has 0 spiro atoms. The van der Waals surface area contributed by atoms with Crippen LogP contribution in [0.25, 0.3) is 0 Å². The van der Waals surface area contributed by atoms with Crippen molar-refractivity contribution in [3.05, 3.63) is 51.9 Å². The number of nitrogens with zero attached hydrogens (tertiary/aromatic N) is 3. The second kappa shape index (κ2) is 8.12. The molecule has 0 fully saturated rings. The van der Waals surface area contributed by atoms with E-state index in [1.165, 1.54) is 0 Å². The normalized spacial score (nSPS) is 14.0. The fourth-order valence-electron chi connectivity index (χ4n) is 2.40. The highest BCUT2D eigenvalue weighted by molar-refractivity contribution is 6.29. The van der Waals surface area contributed by atoms with Gasteiger partial charge in [-0.25, -0.2) is 9.98 Å². The summed E-state index contributed by atoms with van der Waals surface area (Å²) < 4.78 is 118. The fraction of sp³-hybridized carbons (Fsp3) is 0.412. The average Bonchev–Trinajstić information content (AvgIpc) is 2.54. The molecule has 166 valence electrons. The predicted octanol–water partition coefficient (Wildman–Crippen LogP) is 6.48. The molecule has 0 aliphatic carbocycles. The van der Waals surface area contributed by atoms with Crippen LogP contribution in [0.5, 0.6) is 0 Å². The van der Waals surface area contributed by atoms with Crippen LogP contribution in [0.2, 0.25) is 5.15 Å². The van der Waals surface area contributed by atoms with E-state index >= 15 is 0 Å². The molecule has 0 aliphatic heterocycles. The van der Waals surface area contributed by atoms with Gasteiger partial charge in [0.2, 0.25) is 5.62 Å². The van der Waals surface area contributed by atoms with Crippen LogP contribution >= 0.6 is 11.6 Å². The monoisotopic (exact) mass is 465 g/mol. The SMILES string of the molecule is CC(C)Cn1c(Cl)cc(C(F)(F)F)nc1=Nc1ccc(C(F)(F)F)cc1C(F)(F)F. The van der Waals surface area contributed by atoms with Gasteiger partial charge in [-0.3, -0.25) is 0 Å². The van der Waals surface area contributed by atoms with Crippen LogP contribution in [0.1, 0.15) is 30.7 Å². The molecule has 0 aliphatic rings. The van der Waals surface area contributed by atoms with E-state index in [0.29, 0.717) is 18.2 Å². The van der Waals surface area contributed by atoms with E-state index in [4.69, 9.17) is 11.6 Å². The van der Waals surface area contributed by atoms with E-state index in [0.717, 1.165) is 4.57 Å². The van der Waals surface area contributed by atoms with Crippen molar-refractivity contribution >= 4 is 17.3 Å². The summed E-state index contributed by atoms with van der Waals surface area (Å²) in [5.41, 5.74) is -6.72. The van der Waals surface area contributed by atoms with Crippen molar-refractivity contribution in [3.8, 4) is 0 Å². The number of hydrogen-bond acceptors (Lipinski definition) is 2. The van der Waals surface area contributed by atoms with Crippen LogP contribution in [-0.4, -0.2) is 9.55 Å². The van der Waals surface area contributed by atoms with Crippen molar-refractivity contribution in [3.63, 3.8) is 0 Å². The Kier molecular flexibility index (Phi) is 6.51. The first kappa shape index (κ1) is 24.0. The largest absolute Gasteiger partial charge is 0.433 e. The summed E-state index contributed by atoms with van der Waals surface area (Å²) >= 11 is 5.86. The van der Waals surface area contributed by atoms with Gasteiger partial charge in [0, 0.05) is 12.6 Å². The van der Waals surface area contributed by atoms with E-state index in [1.54, 1.807) is 13.8 Å². The molecular weight excluding hydrogens is 453 g/mol. The molecule has 0 N–H and O–H groups in total. The number of halogens is 10. The van der Waals surface area contributed by atoms with Crippen LogP contribution in [0.15, 0.2) is 29.3 Å². The highest BCUT2D eigenvalue weighted by atomic mass is 35.5. The van der Waals surface area contributed by atoms with Crippen LogP contribution in [0.4, 0.5) is 45.2 Å². The molecule has 0 radical (unpaired) electrons. The molecule has 3 nitrogen and oxygen atoms in total. The number of hydrogen-bond donors (Lipinski definition) is 0. The van der Waals surface area contributed by atoms with E-state index in [1.807, 2.05) is 0 Å². The number of benzene rings is 1. The summed E-state index contributed by atoms with van der Waals surface area (Å²) in [5, 5.41) is -0.495. The van der Waals surface area contributed by atoms with Gasteiger partial charge in [-0.05, 0) is 24.1 Å². The lowest BCUT2D eigenvalue weighted by Crippen LogP contribution is -2.30. The summed E-state index contributed by atoms with van der Waals surface area (Å²) in [6.45, 7) is 3.26. The zero-order chi connectivity index (χ0) is 23.1. The van der Waals surface area contributed by atoms with Crippen molar-refractivity contribution in [2.24, 2.45) is 10.9 Å². The molecule has 13 heteroatoms. The first-order valence-corrected chi connectivity index (χ1v) is 8.55. The Bertz CT molecular complexity index is 986. The Morgan fingerprint density at radius 1 is 0.933 bits per heavy atom. The van der Waals surface area contributed by atoms with Gasteiger partial charge in [0.25, 0.3) is 0 Å². The van der Waals surface area contributed by atoms with E-state index in [9.17, 15) is 39.5 Å². The first-order valence-electron chi connectivity index (χ1n) is 8.18. The van der Waals surface area contributed by atoms with Crippen molar-refractivity contribution in [1.82, 2.24) is 9.55 Å². The minimum atomic E-state index is -5.26. The highest BCUT2D eigenvalue weighted by Gasteiger charge is 2.38. The Morgan fingerprint density at radius 3 is 2.00 bits per heavy atom. The maximum Gasteiger partial charge on any atom is 0.433 e. The summed E-state index contributed by atoms with van der Waals surface area (Å²) in [5.74, 6) is -0.213. The Morgan fingerprint density at radius 2 is 1.53 bits per heavy atom. The molecular formula is C17H13ClF9N3. The zero-order valence-electron chi connectivity index (χ0n) is 15.2. The van der Waals surface area contributed by atoms with Crippen LogP contribution in [0.3, 0.4) is 0 Å². The lowest BCUT2D eigenvalue weighted by Gasteiger charge is -2.16. The molecule has 1 aromatic heterocycles. The third-order valence-corrected chi connectivity index (χ3v) is 3.98. The van der Waals surface area contributed by atoms with Gasteiger partial charge in [0.1, 0.15) is 5.15 Å². The van der Waals surface area contributed by atoms with Gasteiger partial charge in [0.15, 0.2) is 5.69 Å². The van der Waals surface area contributed by atoms with Crippen molar-refractivity contribution < 1.29 is 39.5 Å². The standard InChI is InChI=1S/C17H13ClF9N3/c1-8(2)7-30-13(18)6-12(17(25,26)27)29-14(30)28-11-4-3-9(15(19,20)21)5-10(11)16(22,23)24/h3-6,8H,7H2,1-2H3. The summed E-state index contributed by atoms with van der Waals surface area (Å²) in [6.07, 6.45) is -15.3. The first-order chi connectivity index (χ1) is 13.5. The second-order valence-electron chi connectivity index (χ2n) is 6.61. The van der Waals surface area contributed by atoms with Gasteiger partial charge in [-0.2, -0.15) is 39.5 Å². The van der Waals surface area contributed by atoms with Gasteiger partial charge < -0.3 is 4.57 Å². The van der Waals surface area contributed by atoms with E-state index < -0.39 is 51.8 Å². The second-order valence-corrected chi connectivity index (χ2v) is 6.99. The summed E-state index contributed by atoms with van der Waals surface area (Å²) in [7, 11) is 0. The minimum absolute atomic E-state index is 0.0508. The number of aromatic nitrogens is 2. The highest BCUT2D eigenvalue weighted by Crippen LogP contribution is 2.40. The van der Waals surface area contributed by atoms with E-state index in [2.05, 4.69) is 9.98 Å². The number of alkyl halides is 9.